The molecule has 0 saturated carbocycles. The van der Waals surface area contributed by atoms with Gasteiger partial charge in [0.25, 0.3) is 5.69 Å². The van der Waals surface area contributed by atoms with Crippen molar-refractivity contribution in [3.63, 3.8) is 0 Å². The molecule has 0 fully saturated rings. The molecule has 0 bridgehead atoms. The number of methoxy groups -OCH3 is 5. The zero-order chi connectivity index (χ0) is 29.9. The third kappa shape index (κ3) is 7.72. The van der Waals surface area contributed by atoms with E-state index in [0.717, 1.165) is 11.1 Å². The Morgan fingerprint density at radius 3 is 1.88 bits per heavy atom. The van der Waals surface area contributed by atoms with Crippen molar-refractivity contribution >= 4 is 23.8 Å². The predicted molar refractivity (Wildman–Crippen MR) is 147 cm³/mol. The number of rotatable bonds is 15. The number of nitrogens with zero attached hydrogens (tertiary/aromatic N) is 1. The van der Waals surface area contributed by atoms with Crippen molar-refractivity contribution in [2.75, 3.05) is 42.2 Å². The van der Waals surface area contributed by atoms with Crippen LogP contribution in [-0.4, -0.2) is 53.0 Å². The Morgan fingerprint density at radius 2 is 1.32 bits per heavy atom. The van der Waals surface area contributed by atoms with E-state index in [-0.39, 0.29) is 42.4 Å². The van der Waals surface area contributed by atoms with Gasteiger partial charge in [-0.25, -0.2) is 0 Å². The van der Waals surface area contributed by atoms with Crippen molar-refractivity contribution < 1.29 is 48.0 Å². The summed E-state index contributed by atoms with van der Waals surface area (Å²) in [7, 11) is 7.45. The second kappa shape index (κ2) is 14.3. The summed E-state index contributed by atoms with van der Waals surface area (Å²) in [6.45, 7) is -0.429. The first-order chi connectivity index (χ1) is 19.7. The molecular weight excluding hydrogens is 538 g/mol. The van der Waals surface area contributed by atoms with Crippen LogP contribution in [0.1, 0.15) is 23.1 Å². The summed E-state index contributed by atoms with van der Waals surface area (Å²) >= 11 is 0. The number of carbonyl (C=O) groups is 1. The number of carboxylic acids is 1. The number of aliphatic carboxylic acids is 1. The molecule has 0 aromatic heterocycles. The summed E-state index contributed by atoms with van der Waals surface area (Å²) < 4.78 is 38.2. The van der Waals surface area contributed by atoms with E-state index in [1.807, 2.05) is 18.2 Å². The maximum absolute atomic E-state index is 11.8. The number of ether oxygens (including phenoxy) is 7. The van der Waals surface area contributed by atoms with E-state index in [1.54, 1.807) is 24.3 Å². The summed E-state index contributed by atoms with van der Waals surface area (Å²) in [4.78, 5) is 21.9. The molecule has 3 aromatic rings. The molecule has 0 aliphatic rings. The Hall–Kier alpha value is -5.13. The summed E-state index contributed by atoms with van der Waals surface area (Å²) in [5.74, 6) is 1.18. The molecule has 0 unspecified atom stereocenters. The molecule has 0 N–H and O–H groups in total. The molecule has 218 valence electrons. The first kappa shape index (κ1) is 30.4. The lowest BCUT2D eigenvalue weighted by atomic mass is 10.1. The van der Waals surface area contributed by atoms with Crippen molar-refractivity contribution in [3.05, 3.63) is 69.3 Å². The molecule has 0 aliphatic heterocycles. The molecule has 0 saturated heterocycles. The van der Waals surface area contributed by atoms with Crippen LogP contribution < -0.4 is 38.3 Å². The number of benzene rings is 3. The molecule has 12 heteroatoms. The largest absolute Gasteiger partial charge is 0.550 e. The number of nitro groups is 1. The molecule has 41 heavy (non-hydrogen) atoms. The van der Waals surface area contributed by atoms with Gasteiger partial charge in [-0.15, -0.1) is 0 Å². The van der Waals surface area contributed by atoms with Gasteiger partial charge in [0.1, 0.15) is 6.61 Å². The quantitative estimate of drug-likeness (QED) is 0.149. The topological polar surface area (TPSA) is 148 Å². The minimum atomic E-state index is -1.31. The summed E-state index contributed by atoms with van der Waals surface area (Å²) in [5.41, 5.74) is 1.48. The standard InChI is InChI=1S/C29H31NO11/c1-35-22-9-8-18(6-7-19-13-26(37-3)29(39-5)27(14-19)38-4)12-24(22)41-17-20-15-23(36-2)25(16-21(20)30(33)34)40-11-10-28(31)32/h6-9,12-16H,10-11,17H2,1-5H3,(H,31,32)/p-1/b7-6+. The van der Waals surface area contributed by atoms with Crippen LogP contribution in [0.25, 0.3) is 12.2 Å². The molecule has 3 aromatic carbocycles. The van der Waals surface area contributed by atoms with Crippen LogP contribution in [0.5, 0.6) is 40.2 Å². The molecule has 0 aliphatic carbocycles. The van der Waals surface area contributed by atoms with Crippen LogP contribution in [0, 0.1) is 10.1 Å². The molecule has 0 radical (unpaired) electrons. The van der Waals surface area contributed by atoms with Gasteiger partial charge in [-0.1, -0.05) is 18.2 Å². The van der Waals surface area contributed by atoms with Gasteiger partial charge < -0.3 is 43.1 Å². The SMILES string of the molecule is COc1cc(COc2cc(/C=C/c3cc(OC)c(OC)c(OC)c3)ccc2OC)c([N+](=O)[O-])cc1OCCC(=O)[O-]. The Morgan fingerprint density at radius 1 is 0.732 bits per heavy atom. The first-order valence-corrected chi connectivity index (χ1v) is 12.2. The fourth-order valence-electron chi connectivity index (χ4n) is 3.85. The van der Waals surface area contributed by atoms with Crippen molar-refractivity contribution in [2.45, 2.75) is 13.0 Å². The number of hydrogen-bond donors (Lipinski definition) is 0. The molecule has 0 atom stereocenters. The van der Waals surface area contributed by atoms with Gasteiger partial charge in [0.05, 0.1) is 58.7 Å². The maximum Gasteiger partial charge on any atom is 0.280 e. The highest BCUT2D eigenvalue weighted by atomic mass is 16.6. The molecule has 3 rings (SSSR count). The van der Waals surface area contributed by atoms with Crippen LogP contribution in [0.3, 0.4) is 0 Å². The van der Waals surface area contributed by atoms with Gasteiger partial charge in [-0.2, -0.15) is 0 Å². The molecular formula is C29H30NO11-. The van der Waals surface area contributed by atoms with E-state index in [9.17, 15) is 20.0 Å². The van der Waals surface area contributed by atoms with E-state index < -0.39 is 10.9 Å². The smallest absolute Gasteiger partial charge is 0.280 e. The van der Waals surface area contributed by atoms with Gasteiger partial charge in [-0.05, 0) is 41.5 Å². The minimum Gasteiger partial charge on any atom is -0.550 e. The second-order valence-corrected chi connectivity index (χ2v) is 8.35. The number of hydrogen-bond acceptors (Lipinski definition) is 11. The van der Waals surface area contributed by atoms with Gasteiger partial charge in [0.15, 0.2) is 34.5 Å². The van der Waals surface area contributed by atoms with Crippen molar-refractivity contribution in [3.8, 4) is 40.2 Å². The highest BCUT2D eigenvalue weighted by Gasteiger charge is 2.21. The van der Waals surface area contributed by atoms with Gasteiger partial charge in [0, 0.05) is 12.4 Å². The van der Waals surface area contributed by atoms with Crippen molar-refractivity contribution in [2.24, 2.45) is 0 Å². The lowest BCUT2D eigenvalue weighted by Crippen LogP contribution is -2.24. The summed E-state index contributed by atoms with van der Waals surface area (Å²) in [6.07, 6.45) is 3.31. The number of carboxylic acid groups (broad SMARTS) is 1. The minimum absolute atomic E-state index is 0.0284. The number of carbonyl (C=O) groups excluding carboxylic acids is 1. The maximum atomic E-state index is 11.8. The summed E-state index contributed by atoms with van der Waals surface area (Å²) in [6, 6.07) is 11.5. The number of nitro benzene ring substituents is 1. The lowest BCUT2D eigenvalue weighted by Gasteiger charge is -2.15. The Kier molecular flexibility index (Phi) is 10.6. The van der Waals surface area contributed by atoms with Crippen LogP contribution >= 0.6 is 0 Å². The van der Waals surface area contributed by atoms with E-state index >= 15 is 0 Å². The van der Waals surface area contributed by atoms with Crippen LogP contribution in [0.4, 0.5) is 5.69 Å². The zero-order valence-electron chi connectivity index (χ0n) is 23.3. The van der Waals surface area contributed by atoms with Crippen molar-refractivity contribution in [1.82, 2.24) is 0 Å². The van der Waals surface area contributed by atoms with Crippen LogP contribution in [0.15, 0.2) is 42.5 Å². The lowest BCUT2D eigenvalue weighted by molar-refractivity contribution is -0.385. The molecule has 0 spiro atoms. The first-order valence-electron chi connectivity index (χ1n) is 12.2. The Labute approximate surface area is 236 Å². The highest BCUT2D eigenvalue weighted by Crippen LogP contribution is 2.39. The third-order valence-corrected chi connectivity index (χ3v) is 5.85. The van der Waals surface area contributed by atoms with E-state index in [0.29, 0.717) is 28.7 Å². The highest BCUT2D eigenvalue weighted by molar-refractivity contribution is 5.73. The normalized spacial score (nSPS) is 10.7. The Balaban J connectivity index is 1.87. The fraction of sp³-hybridized carbons (Fsp3) is 0.276. The van der Waals surface area contributed by atoms with Gasteiger partial charge >= 0.3 is 0 Å². The van der Waals surface area contributed by atoms with Crippen molar-refractivity contribution in [1.29, 1.82) is 0 Å². The van der Waals surface area contributed by atoms with E-state index in [4.69, 9.17) is 33.2 Å². The van der Waals surface area contributed by atoms with E-state index in [2.05, 4.69) is 0 Å². The zero-order valence-corrected chi connectivity index (χ0v) is 23.3. The van der Waals surface area contributed by atoms with Gasteiger partial charge in [-0.3, -0.25) is 10.1 Å². The summed E-state index contributed by atoms with van der Waals surface area (Å²) in [5, 5.41) is 22.5. The molecule has 12 nitrogen and oxygen atoms in total. The fourth-order valence-corrected chi connectivity index (χ4v) is 3.85. The Bertz CT molecular complexity index is 1390. The monoisotopic (exact) mass is 568 g/mol. The second-order valence-electron chi connectivity index (χ2n) is 8.35. The molecule has 0 amide bonds. The van der Waals surface area contributed by atoms with E-state index in [1.165, 1.54) is 47.7 Å². The third-order valence-electron chi connectivity index (χ3n) is 5.85. The predicted octanol–water partition coefficient (Wildman–Crippen LogP) is 3.91. The average molecular weight is 569 g/mol. The van der Waals surface area contributed by atoms with Gasteiger partial charge in [0.2, 0.25) is 5.75 Å². The van der Waals surface area contributed by atoms with Crippen LogP contribution in [0.2, 0.25) is 0 Å². The average Bonchev–Trinajstić information content (AvgIpc) is 2.97. The van der Waals surface area contributed by atoms with Crippen LogP contribution in [-0.2, 0) is 11.4 Å². The molecule has 0 heterocycles.